The fraction of sp³-hybridized carbons (Fsp3) is 0.750. The van der Waals surface area contributed by atoms with Crippen molar-refractivity contribution in [2.24, 2.45) is 5.41 Å². The molecule has 1 fully saturated rings. The Morgan fingerprint density at radius 1 is 1.35 bits per heavy atom. The number of rotatable bonds is 6. The number of carbonyl (C=O) groups is 1. The van der Waals surface area contributed by atoms with Gasteiger partial charge >= 0.3 is 0 Å². The molecule has 0 radical (unpaired) electrons. The lowest BCUT2D eigenvalue weighted by atomic mass is 9.91. The highest BCUT2D eigenvalue weighted by Gasteiger charge is 2.28. The highest BCUT2D eigenvalue weighted by Crippen LogP contribution is 2.25. The molecule has 7 heteroatoms. The van der Waals surface area contributed by atoms with E-state index in [4.69, 9.17) is 0 Å². The molecule has 6 nitrogen and oxygen atoms in total. The first-order chi connectivity index (χ1) is 10.7. The van der Waals surface area contributed by atoms with E-state index in [-0.39, 0.29) is 28.7 Å². The molecule has 1 saturated carbocycles. The van der Waals surface area contributed by atoms with Crippen molar-refractivity contribution < 1.29 is 13.2 Å². The topological polar surface area (TPSA) is 91.9 Å². The lowest BCUT2D eigenvalue weighted by Gasteiger charge is -2.15. The Hall–Kier alpha value is -1.37. The number of sulfone groups is 1. The summed E-state index contributed by atoms with van der Waals surface area (Å²) in [5.74, 6) is 0.0656. The molecule has 0 atom stereocenters. The van der Waals surface area contributed by atoms with Crippen LogP contribution in [-0.4, -0.2) is 35.5 Å². The van der Waals surface area contributed by atoms with Crippen LogP contribution in [0.2, 0.25) is 0 Å². The molecule has 0 aliphatic heterocycles. The minimum Gasteiger partial charge on any atom is -0.309 e. The molecule has 0 unspecified atom stereocenters. The van der Waals surface area contributed by atoms with Crippen molar-refractivity contribution in [3.05, 3.63) is 11.8 Å². The van der Waals surface area contributed by atoms with Gasteiger partial charge in [0.15, 0.2) is 15.7 Å². The minimum atomic E-state index is -3.16. The second-order valence-corrected chi connectivity index (χ2v) is 9.99. The van der Waals surface area contributed by atoms with Gasteiger partial charge < -0.3 is 5.32 Å². The number of nitrogens with zero attached hydrogens (tertiary/aromatic N) is 1. The molecule has 1 aromatic rings. The van der Waals surface area contributed by atoms with Crippen LogP contribution in [0.3, 0.4) is 0 Å². The van der Waals surface area contributed by atoms with Gasteiger partial charge in [-0.1, -0.05) is 33.6 Å². The Labute approximate surface area is 138 Å². The third-order valence-corrected chi connectivity index (χ3v) is 6.30. The van der Waals surface area contributed by atoms with Crippen molar-refractivity contribution >= 4 is 21.6 Å². The molecule has 1 aromatic heterocycles. The van der Waals surface area contributed by atoms with Gasteiger partial charge in [0, 0.05) is 18.2 Å². The zero-order chi connectivity index (χ0) is 17.1. The summed E-state index contributed by atoms with van der Waals surface area (Å²) in [7, 11) is -3.16. The second-order valence-electron chi connectivity index (χ2n) is 7.59. The van der Waals surface area contributed by atoms with E-state index in [0.717, 1.165) is 37.8 Å². The van der Waals surface area contributed by atoms with Crippen LogP contribution in [0.5, 0.6) is 0 Å². The van der Waals surface area contributed by atoms with E-state index in [1.165, 1.54) is 0 Å². The smallest absolute Gasteiger partial charge is 0.226 e. The first kappa shape index (κ1) is 18.0. The standard InChI is InChI=1S/C16H27N3O3S/c1-16(2,3)11-12-10-14(19-18-12)17-15(20)8-9-23(21,22)13-6-4-5-7-13/h10,13H,4-9,11H2,1-3H3,(H2,17,18,19,20). The van der Waals surface area contributed by atoms with Crippen LogP contribution in [-0.2, 0) is 21.1 Å². The molecule has 0 spiro atoms. The first-order valence-corrected chi connectivity index (χ1v) is 9.93. The molecule has 1 aliphatic rings. The number of H-pyrrole nitrogens is 1. The molecular weight excluding hydrogens is 314 g/mol. The summed E-state index contributed by atoms with van der Waals surface area (Å²) in [5, 5.41) is 9.37. The van der Waals surface area contributed by atoms with E-state index in [1.54, 1.807) is 6.07 Å². The van der Waals surface area contributed by atoms with E-state index < -0.39 is 9.84 Å². The maximum atomic E-state index is 12.1. The molecule has 1 aliphatic carbocycles. The number of carbonyl (C=O) groups excluding carboxylic acids is 1. The Kier molecular flexibility index (Phi) is 5.49. The third kappa shape index (κ3) is 5.64. The molecular formula is C16H27N3O3S. The number of nitrogens with one attached hydrogen (secondary N) is 2. The molecule has 2 rings (SSSR count). The molecule has 1 amide bonds. The SMILES string of the molecule is CC(C)(C)Cc1cc(NC(=O)CCS(=O)(=O)C2CCCC2)n[nH]1. The van der Waals surface area contributed by atoms with Crippen molar-refractivity contribution in [1.82, 2.24) is 10.2 Å². The van der Waals surface area contributed by atoms with Gasteiger partial charge in [0.25, 0.3) is 0 Å². The Balaban J connectivity index is 1.83. The number of hydrogen-bond donors (Lipinski definition) is 2. The number of aromatic amines is 1. The molecule has 0 bridgehead atoms. The van der Waals surface area contributed by atoms with Crippen molar-refractivity contribution in [3.8, 4) is 0 Å². The average Bonchev–Trinajstić information content (AvgIpc) is 3.06. The van der Waals surface area contributed by atoms with Gasteiger partial charge in [-0.3, -0.25) is 9.89 Å². The predicted octanol–water partition coefficient (Wildman–Crippen LogP) is 2.68. The van der Waals surface area contributed by atoms with Crippen molar-refractivity contribution in [1.29, 1.82) is 0 Å². The molecule has 1 heterocycles. The molecule has 23 heavy (non-hydrogen) atoms. The normalized spacial score (nSPS) is 16.7. The van der Waals surface area contributed by atoms with E-state index in [9.17, 15) is 13.2 Å². The summed E-state index contributed by atoms with van der Waals surface area (Å²) < 4.78 is 24.3. The monoisotopic (exact) mass is 341 g/mol. The summed E-state index contributed by atoms with van der Waals surface area (Å²) in [6, 6.07) is 1.80. The fourth-order valence-electron chi connectivity index (χ4n) is 2.94. The van der Waals surface area contributed by atoms with Crippen LogP contribution in [0.25, 0.3) is 0 Å². The first-order valence-electron chi connectivity index (χ1n) is 8.21. The lowest BCUT2D eigenvalue weighted by Crippen LogP contribution is -2.24. The molecule has 130 valence electrons. The maximum Gasteiger partial charge on any atom is 0.226 e. The predicted molar refractivity (Wildman–Crippen MR) is 91.0 cm³/mol. The van der Waals surface area contributed by atoms with Gasteiger partial charge in [0.2, 0.25) is 5.91 Å². The van der Waals surface area contributed by atoms with Crippen molar-refractivity contribution in [2.75, 3.05) is 11.1 Å². The van der Waals surface area contributed by atoms with Gasteiger partial charge in [-0.05, 0) is 24.7 Å². The Morgan fingerprint density at radius 3 is 2.61 bits per heavy atom. The Morgan fingerprint density at radius 2 is 2.00 bits per heavy atom. The number of anilines is 1. The quantitative estimate of drug-likeness (QED) is 0.832. The zero-order valence-electron chi connectivity index (χ0n) is 14.2. The van der Waals surface area contributed by atoms with E-state index in [0.29, 0.717) is 5.82 Å². The summed E-state index contributed by atoms with van der Waals surface area (Å²) in [6.07, 6.45) is 4.23. The van der Waals surface area contributed by atoms with Gasteiger partial charge in [-0.15, -0.1) is 0 Å². The molecule has 0 saturated heterocycles. The summed E-state index contributed by atoms with van der Waals surface area (Å²) >= 11 is 0. The van der Waals surface area contributed by atoms with E-state index >= 15 is 0 Å². The number of amides is 1. The van der Waals surface area contributed by atoms with Crippen LogP contribution >= 0.6 is 0 Å². The molecule has 0 aromatic carbocycles. The number of aromatic nitrogens is 2. The summed E-state index contributed by atoms with van der Waals surface area (Å²) in [6.45, 7) is 6.37. The Bertz CT molecular complexity index is 638. The fourth-order valence-corrected chi connectivity index (χ4v) is 4.80. The van der Waals surface area contributed by atoms with E-state index in [2.05, 4.69) is 36.3 Å². The summed E-state index contributed by atoms with van der Waals surface area (Å²) in [5.41, 5.74) is 1.08. The van der Waals surface area contributed by atoms with Crippen LogP contribution in [0, 0.1) is 5.41 Å². The highest BCUT2D eigenvalue weighted by atomic mass is 32.2. The lowest BCUT2D eigenvalue weighted by molar-refractivity contribution is -0.115. The van der Waals surface area contributed by atoms with Gasteiger partial charge in [-0.25, -0.2) is 8.42 Å². The zero-order valence-corrected chi connectivity index (χ0v) is 15.0. The maximum absolute atomic E-state index is 12.1. The minimum absolute atomic E-state index is 0.0136. The van der Waals surface area contributed by atoms with E-state index in [1.807, 2.05) is 0 Å². The average molecular weight is 341 g/mol. The van der Waals surface area contributed by atoms with Gasteiger partial charge in [0.05, 0.1) is 11.0 Å². The van der Waals surface area contributed by atoms with Crippen molar-refractivity contribution in [2.45, 2.75) is 64.5 Å². The summed E-state index contributed by atoms with van der Waals surface area (Å²) in [4.78, 5) is 11.9. The van der Waals surface area contributed by atoms with Crippen LogP contribution in [0.4, 0.5) is 5.82 Å². The third-order valence-electron chi connectivity index (χ3n) is 4.04. The van der Waals surface area contributed by atoms with Crippen LogP contribution in [0.1, 0.15) is 58.6 Å². The molecule has 2 N–H and O–H groups in total. The second kappa shape index (κ2) is 7.03. The highest BCUT2D eigenvalue weighted by molar-refractivity contribution is 7.92. The van der Waals surface area contributed by atoms with Gasteiger partial charge in [0.1, 0.15) is 0 Å². The van der Waals surface area contributed by atoms with Crippen LogP contribution in [0.15, 0.2) is 6.07 Å². The van der Waals surface area contributed by atoms with Crippen LogP contribution < -0.4 is 5.32 Å². The van der Waals surface area contributed by atoms with Gasteiger partial charge in [-0.2, -0.15) is 5.10 Å². The number of hydrogen-bond acceptors (Lipinski definition) is 4. The van der Waals surface area contributed by atoms with Crippen molar-refractivity contribution in [3.63, 3.8) is 0 Å². The largest absolute Gasteiger partial charge is 0.309 e.